The highest BCUT2D eigenvalue weighted by Gasteiger charge is 2.27. The van der Waals surface area contributed by atoms with E-state index in [0.717, 1.165) is 12.8 Å². The molecule has 5 heteroatoms. The van der Waals surface area contributed by atoms with Gasteiger partial charge in [-0.25, -0.2) is 0 Å². The Morgan fingerprint density at radius 2 is 2.24 bits per heavy atom. The third-order valence-corrected chi connectivity index (χ3v) is 3.34. The van der Waals surface area contributed by atoms with Gasteiger partial charge in [0.25, 0.3) is 0 Å². The lowest BCUT2D eigenvalue weighted by molar-refractivity contribution is -0.145. The van der Waals surface area contributed by atoms with Crippen molar-refractivity contribution in [2.24, 2.45) is 5.92 Å². The first-order valence-corrected chi connectivity index (χ1v) is 6.28. The molecule has 1 unspecified atom stereocenters. The van der Waals surface area contributed by atoms with Crippen LogP contribution < -0.4 is 5.32 Å². The number of carbonyl (C=O) groups is 2. The lowest BCUT2D eigenvalue weighted by atomic mass is 9.98. The number of hydrogen-bond acceptors (Lipinski definition) is 3. The molecular weight excluding hydrogens is 220 g/mol. The van der Waals surface area contributed by atoms with Crippen LogP contribution in [0.25, 0.3) is 0 Å². The zero-order valence-corrected chi connectivity index (χ0v) is 10.6. The smallest absolute Gasteiger partial charge is 0.308 e. The molecular formula is C12H22N2O3. The molecule has 2 atom stereocenters. The van der Waals surface area contributed by atoms with Gasteiger partial charge >= 0.3 is 5.97 Å². The summed E-state index contributed by atoms with van der Waals surface area (Å²) in [6, 6.07) is 0.319. The van der Waals surface area contributed by atoms with Crippen molar-refractivity contribution in [1.29, 1.82) is 0 Å². The largest absolute Gasteiger partial charge is 0.481 e. The third kappa shape index (κ3) is 4.34. The molecule has 1 saturated heterocycles. The molecule has 0 aromatic carbocycles. The number of carboxylic acid groups (broad SMARTS) is 1. The summed E-state index contributed by atoms with van der Waals surface area (Å²) in [6.07, 6.45) is 2.44. The van der Waals surface area contributed by atoms with Gasteiger partial charge in [0, 0.05) is 19.1 Å². The predicted molar refractivity (Wildman–Crippen MR) is 64.7 cm³/mol. The van der Waals surface area contributed by atoms with Crippen molar-refractivity contribution in [3.05, 3.63) is 0 Å². The summed E-state index contributed by atoms with van der Waals surface area (Å²) in [5.41, 5.74) is 0. The molecule has 0 aromatic heterocycles. The van der Waals surface area contributed by atoms with Crippen molar-refractivity contribution in [1.82, 2.24) is 10.2 Å². The number of carboxylic acids is 1. The number of aliphatic carboxylic acids is 1. The van der Waals surface area contributed by atoms with E-state index in [2.05, 4.69) is 12.2 Å². The fourth-order valence-corrected chi connectivity index (χ4v) is 1.92. The molecule has 98 valence electrons. The number of likely N-dealkylation sites (tertiary alicyclic amines) is 1. The van der Waals surface area contributed by atoms with Crippen LogP contribution in [-0.2, 0) is 9.59 Å². The standard InChI is InChI=1S/C12H22N2O3/c1-3-9(2)13-7-11(15)14-6-4-5-10(8-14)12(16)17/h9-10,13H,3-8H2,1-2H3,(H,16,17)/t9?,10-/m1/s1. The molecule has 0 radical (unpaired) electrons. The maximum Gasteiger partial charge on any atom is 0.308 e. The van der Waals surface area contributed by atoms with Crippen LogP contribution in [0.2, 0.25) is 0 Å². The SMILES string of the molecule is CCC(C)NCC(=O)N1CCC[C@@H](C(=O)O)C1. The minimum Gasteiger partial charge on any atom is -0.481 e. The molecule has 0 saturated carbocycles. The molecule has 2 N–H and O–H groups in total. The summed E-state index contributed by atoms with van der Waals surface area (Å²) in [4.78, 5) is 24.4. The molecule has 1 rings (SSSR count). The Bertz CT molecular complexity index is 281. The summed E-state index contributed by atoms with van der Waals surface area (Å²) in [7, 11) is 0. The molecule has 0 aliphatic carbocycles. The van der Waals surface area contributed by atoms with Gasteiger partial charge in [0.15, 0.2) is 0 Å². The zero-order valence-electron chi connectivity index (χ0n) is 10.6. The molecule has 1 heterocycles. The Labute approximate surface area is 102 Å². The van der Waals surface area contributed by atoms with E-state index >= 15 is 0 Å². The molecule has 0 spiro atoms. The highest BCUT2D eigenvalue weighted by Crippen LogP contribution is 2.16. The van der Waals surface area contributed by atoms with Gasteiger partial charge in [-0.15, -0.1) is 0 Å². The Morgan fingerprint density at radius 3 is 2.82 bits per heavy atom. The van der Waals surface area contributed by atoms with Crippen LogP contribution >= 0.6 is 0 Å². The first-order valence-electron chi connectivity index (χ1n) is 6.28. The van der Waals surface area contributed by atoms with Gasteiger partial charge in [-0.3, -0.25) is 9.59 Å². The summed E-state index contributed by atoms with van der Waals surface area (Å²) in [5, 5.41) is 12.1. The lowest BCUT2D eigenvalue weighted by Gasteiger charge is -2.31. The highest BCUT2D eigenvalue weighted by atomic mass is 16.4. The zero-order chi connectivity index (χ0) is 12.8. The van der Waals surface area contributed by atoms with E-state index in [9.17, 15) is 9.59 Å². The first kappa shape index (κ1) is 14.0. The fourth-order valence-electron chi connectivity index (χ4n) is 1.92. The monoisotopic (exact) mass is 242 g/mol. The second-order valence-electron chi connectivity index (χ2n) is 4.71. The molecule has 1 aliphatic heterocycles. The number of nitrogens with zero attached hydrogens (tertiary/aromatic N) is 1. The molecule has 0 bridgehead atoms. The van der Waals surface area contributed by atoms with Gasteiger partial charge in [-0.2, -0.15) is 0 Å². The third-order valence-electron chi connectivity index (χ3n) is 3.34. The maximum atomic E-state index is 11.9. The molecule has 1 fully saturated rings. The Kier molecular flexibility index (Phi) is 5.41. The van der Waals surface area contributed by atoms with Crippen LogP contribution in [0.15, 0.2) is 0 Å². The average Bonchev–Trinajstić information content (AvgIpc) is 2.35. The normalized spacial score (nSPS) is 22.2. The van der Waals surface area contributed by atoms with Gasteiger partial charge in [-0.05, 0) is 26.2 Å². The Balaban J connectivity index is 2.38. The van der Waals surface area contributed by atoms with Crippen LogP contribution in [0.3, 0.4) is 0 Å². The number of carbonyl (C=O) groups excluding carboxylic acids is 1. The van der Waals surface area contributed by atoms with Crippen molar-refractivity contribution in [2.45, 2.75) is 39.2 Å². The van der Waals surface area contributed by atoms with Crippen LogP contribution in [0, 0.1) is 5.92 Å². The van der Waals surface area contributed by atoms with Crippen molar-refractivity contribution in [3.63, 3.8) is 0 Å². The summed E-state index contributed by atoms with van der Waals surface area (Å²) < 4.78 is 0. The van der Waals surface area contributed by atoms with E-state index in [-0.39, 0.29) is 5.91 Å². The van der Waals surface area contributed by atoms with Crippen molar-refractivity contribution >= 4 is 11.9 Å². The summed E-state index contributed by atoms with van der Waals surface area (Å²) in [5.74, 6) is -1.18. The second-order valence-corrected chi connectivity index (χ2v) is 4.71. The highest BCUT2D eigenvalue weighted by molar-refractivity contribution is 5.79. The molecule has 0 aromatic rings. The maximum absolute atomic E-state index is 11.9. The Hall–Kier alpha value is -1.10. The number of hydrogen-bond donors (Lipinski definition) is 2. The lowest BCUT2D eigenvalue weighted by Crippen LogP contribution is -2.46. The topological polar surface area (TPSA) is 69.6 Å². The van der Waals surface area contributed by atoms with Crippen LogP contribution in [0.4, 0.5) is 0 Å². The van der Waals surface area contributed by atoms with E-state index in [1.165, 1.54) is 0 Å². The number of nitrogens with one attached hydrogen (secondary N) is 1. The second kappa shape index (κ2) is 6.59. The molecule has 1 amide bonds. The number of rotatable bonds is 5. The van der Waals surface area contributed by atoms with E-state index in [1.54, 1.807) is 4.90 Å². The average molecular weight is 242 g/mol. The minimum atomic E-state index is -0.794. The Morgan fingerprint density at radius 1 is 1.53 bits per heavy atom. The van der Waals surface area contributed by atoms with Gasteiger partial charge in [-0.1, -0.05) is 6.92 Å². The predicted octanol–water partition coefficient (Wildman–Crippen LogP) is 0.698. The number of piperidine rings is 1. The van der Waals surface area contributed by atoms with Crippen molar-refractivity contribution in [2.75, 3.05) is 19.6 Å². The molecule has 1 aliphatic rings. The van der Waals surface area contributed by atoms with Gasteiger partial charge in [0.05, 0.1) is 12.5 Å². The van der Waals surface area contributed by atoms with Crippen LogP contribution in [-0.4, -0.2) is 47.6 Å². The van der Waals surface area contributed by atoms with Gasteiger partial charge < -0.3 is 15.3 Å². The quantitative estimate of drug-likeness (QED) is 0.744. The summed E-state index contributed by atoms with van der Waals surface area (Å²) in [6.45, 7) is 5.44. The van der Waals surface area contributed by atoms with E-state index in [4.69, 9.17) is 5.11 Å². The van der Waals surface area contributed by atoms with E-state index in [0.29, 0.717) is 32.1 Å². The number of amides is 1. The van der Waals surface area contributed by atoms with Gasteiger partial charge in [0.2, 0.25) is 5.91 Å². The van der Waals surface area contributed by atoms with Crippen molar-refractivity contribution < 1.29 is 14.7 Å². The van der Waals surface area contributed by atoms with Crippen molar-refractivity contribution in [3.8, 4) is 0 Å². The van der Waals surface area contributed by atoms with Crippen LogP contribution in [0.1, 0.15) is 33.1 Å². The summed E-state index contributed by atoms with van der Waals surface area (Å²) >= 11 is 0. The molecule has 17 heavy (non-hydrogen) atoms. The van der Waals surface area contributed by atoms with E-state index < -0.39 is 11.9 Å². The van der Waals surface area contributed by atoms with E-state index in [1.807, 2.05) is 6.92 Å². The van der Waals surface area contributed by atoms with Gasteiger partial charge in [0.1, 0.15) is 0 Å². The first-order chi connectivity index (χ1) is 8.04. The van der Waals surface area contributed by atoms with Crippen LogP contribution in [0.5, 0.6) is 0 Å². The fraction of sp³-hybridized carbons (Fsp3) is 0.833. The molecule has 5 nitrogen and oxygen atoms in total. The minimum absolute atomic E-state index is 0.0104.